The van der Waals surface area contributed by atoms with E-state index in [1.54, 1.807) is 13.3 Å². The van der Waals surface area contributed by atoms with Crippen molar-refractivity contribution in [3.05, 3.63) is 47.7 Å². The van der Waals surface area contributed by atoms with Gasteiger partial charge in [-0.25, -0.2) is 0 Å². The van der Waals surface area contributed by atoms with Crippen molar-refractivity contribution in [1.82, 2.24) is 15.5 Å². The summed E-state index contributed by atoms with van der Waals surface area (Å²) in [7, 11) is 1.65. The van der Waals surface area contributed by atoms with Gasteiger partial charge in [-0.15, -0.1) is 5.10 Å². The highest BCUT2D eigenvalue weighted by atomic mass is 16.5. The van der Waals surface area contributed by atoms with Gasteiger partial charge in [-0.3, -0.25) is 0 Å². The lowest BCUT2D eigenvalue weighted by molar-refractivity contribution is 0.286. The van der Waals surface area contributed by atoms with Gasteiger partial charge in [0.2, 0.25) is 0 Å². The molecule has 0 saturated carbocycles. The van der Waals surface area contributed by atoms with E-state index in [2.05, 4.69) is 20.8 Å². The number of aromatic nitrogens is 2. The molecule has 2 rings (SSSR count). The Morgan fingerprint density at radius 2 is 2.00 bits per heavy atom. The van der Waals surface area contributed by atoms with Gasteiger partial charge in [0.05, 0.1) is 19.9 Å². The van der Waals surface area contributed by atoms with E-state index in [0.29, 0.717) is 13.1 Å². The molecule has 6 nitrogen and oxygen atoms in total. The number of hydrogen-bond acceptors (Lipinski definition) is 6. The fraction of sp³-hybridized carbons (Fsp3) is 0.375. The Morgan fingerprint density at radius 1 is 1.23 bits per heavy atom. The Morgan fingerprint density at radius 3 is 2.68 bits per heavy atom. The summed E-state index contributed by atoms with van der Waals surface area (Å²) in [5, 5.41) is 23.6. The third-order valence-corrected chi connectivity index (χ3v) is 3.40. The smallest absolute Gasteiger partial charge is 0.153 e. The molecule has 0 amide bonds. The molecule has 0 fully saturated rings. The summed E-state index contributed by atoms with van der Waals surface area (Å²) in [6.45, 7) is 3.34. The second kappa shape index (κ2) is 8.31. The Bertz CT molecular complexity index is 575. The molecule has 1 unspecified atom stereocenters. The van der Waals surface area contributed by atoms with Crippen LogP contribution in [0.25, 0.3) is 0 Å². The summed E-state index contributed by atoms with van der Waals surface area (Å²) < 4.78 is 5.15. The minimum Gasteiger partial charge on any atom is -0.497 e. The third kappa shape index (κ3) is 4.41. The third-order valence-electron chi connectivity index (χ3n) is 3.40. The summed E-state index contributed by atoms with van der Waals surface area (Å²) in [6, 6.07) is 9.89. The van der Waals surface area contributed by atoms with E-state index >= 15 is 0 Å². The number of ether oxygens (including phenoxy) is 1. The second-order valence-corrected chi connectivity index (χ2v) is 4.94. The Balaban J connectivity index is 2.02. The van der Waals surface area contributed by atoms with Gasteiger partial charge in [-0.2, -0.15) is 5.10 Å². The van der Waals surface area contributed by atoms with Gasteiger partial charge in [0.1, 0.15) is 5.75 Å². The summed E-state index contributed by atoms with van der Waals surface area (Å²) in [5.41, 5.74) is 2.16. The molecule has 0 bridgehead atoms. The van der Waals surface area contributed by atoms with Gasteiger partial charge in [-0.05, 0) is 30.7 Å². The number of benzene rings is 1. The van der Waals surface area contributed by atoms with Crippen LogP contribution in [0.2, 0.25) is 0 Å². The maximum atomic E-state index is 8.91. The van der Waals surface area contributed by atoms with Crippen LogP contribution in [0.15, 0.2) is 36.5 Å². The molecule has 2 aromatic rings. The number of hydrogen-bond donors (Lipinski definition) is 3. The van der Waals surface area contributed by atoms with Gasteiger partial charge in [0, 0.05) is 24.7 Å². The van der Waals surface area contributed by atoms with Crippen LogP contribution in [0.4, 0.5) is 5.82 Å². The van der Waals surface area contributed by atoms with Crippen LogP contribution in [0.1, 0.15) is 24.1 Å². The van der Waals surface area contributed by atoms with Crippen molar-refractivity contribution in [3.63, 3.8) is 0 Å². The predicted molar refractivity (Wildman–Crippen MR) is 85.9 cm³/mol. The van der Waals surface area contributed by atoms with E-state index in [1.165, 1.54) is 0 Å². The first-order chi connectivity index (χ1) is 10.7. The molecule has 3 N–H and O–H groups in total. The fourth-order valence-corrected chi connectivity index (χ4v) is 2.15. The maximum absolute atomic E-state index is 8.91. The van der Waals surface area contributed by atoms with Crippen LogP contribution >= 0.6 is 0 Å². The molecule has 1 heterocycles. The van der Waals surface area contributed by atoms with Gasteiger partial charge >= 0.3 is 0 Å². The van der Waals surface area contributed by atoms with E-state index in [1.807, 2.05) is 37.3 Å². The number of rotatable bonds is 8. The summed E-state index contributed by atoms with van der Waals surface area (Å²) >= 11 is 0. The average Bonchev–Trinajstić information content (AvgIpc) is 2.58. The van der Waals surface area contributed by atoms with E-state index < -0.39 is 0 Å². The number of nitrogens with one attached hydrogen (secondary N) is 2. The fourth-order valence-electron chi connectivity index (χ4n) is 2.15. The number of anilines is 1. The van der Waals surface area contributed by atoms with Gasteiger partial charge in [0.25, 0.3) is 0 Å². The highest BCUT2D eigenvalue weighted by Gasteiger charge is 2.11. The van der Waals surface area contributed by atoms with Crippen molar-refractivity contribution >= 4 is 5.82 Å². The summed E-state index contributed by atoms with van der Waals surface area (Å²) in [5.74, 6) is 1.59. The molecule has 0 spiro atoms. The first-order valence-corrected chi connectivity index (χ1v) is 7.27. The minimum absolute atomic E-state index is 0.0843. The Kier molecular flexibility index (Phi) is 6.12. The number of aliphatic hydroxyl groups is 1. The molecule has 22 heavy (non-hydrogen) atoms. The zero-order chi connectivity index (χ0) is 15.8. The summed E-state index contributed by atoms with van der Waals surface area (Å²) in [6.07, 6.45) is 1.67. The molecule has 1 aromatic carbocycles. The second-order valence-electron chi connectivity index (χ2n) is 4.94. The van der Waals surface area contributed by atoms with Crippen molar-refractivity contribution in [2.45, 2.75) is 19.5 Å². The van der Waals surface area contributed by atoms with E-state index in [0.717, 1.165) is 22.7 Å². The van der Waals surface area contributed by atoms with Crippen LogP contribution in [0.5, 0.6) is 5.75 Å². The quantitative estimate of drug-likeness (QED) is 0.689. The van der Waals surface area contributed by atoms with Crippen molar-refractivity contribution in [1.29, 1.82) is 0 Å². The molecule has 0 aliphatic carbocycles. The largest absolute Gasteiger partial charge is 0.497 e. The highest BCUT2D eigenvalue weighted by molar-refractivity contribution is 5.45. The topological polar surface area (TPSA) is 79.3 Å². The molecule has 0 aliphatic heterocycles. The van der Waals surface area contributed by atoms with Gasteiger partial charge in [0.15, 0.2) is 5.82 Å². The lowest BCUT2D eigenvalue weighted by atomic mass is 10.1. The van der Waals surface area contributed by atoms with E-state index in [9.17, 15) is 0 Å². The molecule has 118 valence electrons. The standard InChI is InChI=1S/C16H22N4O2/c1-12(17-9-10-21)15-7-8-19-20-16(15)18-11-13-3-5-14(22-2)6-4-13/h3-8,12,17,21H,9-11H2,1-2H3,(H,18,20). The lowest BCUT2D eigenvalue weighted by Crippen LogP contribution is -2.23. The van der Waals surface area contributed by atoms with E-state index in [-0.39, 0.29) is 12.6 Å². The number of aliphatic hydroxyl groups excluding tert-OH is 1. The average molecular weight is 302 g/mol. The van der Waals surface area contributed by atoms with Crippen LogP contribution < -0.4 is 15.4 Å². The van der Waals surface area contributed by atoms with Crippen molar-refractivity contribution in [2.24, 2.45) is 0 Å². The zero-order valence-corrected chi connectivity index (χ0v) is 12.9. The SMILES string of the molecule is COc1ccc(CNc2nnccc2C(C)NCCO)cc1. The Hall–Kier alpha value is -2.18. The number of methoxy groups -OCH3 is 1. The normalized spacial score (nSPS) is 12.0. The predicted octanol–water partition coefficient (Wildman–Crippen LogP) is 1.74. The molecule has 1 atom stereocenters. The summed E-state index contributed by atoms with van der Waals surface area (Å²) in [4.78, 5) is 0. The van der Waals surface area contributed by atoms with Crippen LogP contribution in [0.3, 0.4) is 0 Å². The van der Waals surface area contributed by atoms with Crippen molar-refractivity contribution < 1.29 is 9.84 Å². The van der Waals surface area contributed by atoms with Crippen LogP contribution in [-0.2, 0) is 6.54 Å². The van der Waals surface area contributed by atoms with Gasteiger partial charge in [-0.1, -0.05) is 12.1 Å². The van der Waals surface area contributed by atoms with E-state index in [4.69, 9.17) is 9.84 Å². The minimum atomic E-state index is 0.0843. The molecule has 0 aliphatic rings. The molecule has 6 heteroatoms. The van der Waals surface area contributed by atoms with Gasteiger partial charge < -0.3 is 20.5 Å². The molecular weight excluding hydrogens is 280 g/mol. The molecule has 0 saturated heterocycles. The first-order valence-electron chi connectivity index (χ1n) is 7.27. The molecular formula is C16H22N4O2. The zero-order valence-electron chi connectivity index (χ0n) is 12.9. The van der Waals surface area contributed by atoms with Crippen LogP contribution in [-0.4, -0.2) is 35.6 Å². The van der Waals surface area contributed by atoms with Crippen molar-refractivity contribution in [2.75, 3.05) is 25.6 Å². The monoisotopic (exact) mass is 302 g/mol. The Labute approximate surface area is 130 Å². The molecule has 0 radical (unpaired) electrons. The molecule has 1 aromatic heterocycles. The van der Waals surface area contributed by atoms with Crippen molar-refractivity contribution in [3.8, 4) is 5.75 Å². The highest BCUT2D eigenvalue weighted by Crippen LogP contribution is 2.20. The number of nitrogens with zero attached hydrogens (tertiary/aromatic N) is 2. The maximum Gasteiger partial charge on any atom is 0.153 e. The lowest BCUT2D eigenvalue weighted by Gasteiger charge is -2.17. The first kappa shape index (κ1) is 16.2. The van der Waals surface area contributed by atoms with Crippen LogP contribution in [0, 0.1) is 0 Å².